The van der Waals surface area contributed by atoms with E-state index in [1.807, 2.05) is 19.1 Å². The molecule has 0 bridgehead atoms. The van der Waals surface area contributed by atoms with E-state index in [1.54, 1.807) is 12.1 Å². The van der Waals surface area contributed by atoms with Gasteiger partial charge < -0.3 is 10.1 Å². The number of halogens is 1. The molecule has 0 atom stereocenters. The van der Waals surface area contributed by atoms with Crippen molar-refractivity contribution in [2.45, 2.75) is 6.92 Å². The lowest BCUT2D eigenvalue weighted by molar-refractivity contribution is -0.384. The van der Waals surface area contributed by atoms with E-state index >= 15 is 0 Å². The number of nitro groups is 1. The summed E-state index contributed by atoms with van der Waals surface area (Å²) >= 11 is 6.29. The molecule has 3 aromatic carbocycles. The number of benzene rings is 3. The SMILES string of the molecule is Cc1ccccc1NC(=O)COc1ccc(/C=C2/C(=O)NC(=O)N(c3ccc([N+](=O)[O-])cc3)C2=O)cc1Cl. The highest BCUT2D eigenvalue weighted by molar-refractivity contribution is 6.39. The largest absolute Gasteiger partial charge is 0.482 e. The molecular weight excluding hydrogens is 516 g/mol. The minimum atomic E-state index is -0.989. The van der Waals surface area contributed by atoms with Crippen molar-refractivity contribution in [3.8, 4) is 5.75 Å². The number of nitrogens with zero attached hydrogens (tertiary/aromatic N) is 2. The molecule has 11 nitrogen and oxygen atoms in total. The number of anilines is 2. The van der Waals surface area contributed by atoms with Gasteiger partial charge in [0.05, 0.1) is 15.6 Å². The van der Waals surface area contributed by atoms with Crippen molar-refractivity contribution in [2.24, 2.45) is 0 Å². The highest BCUT2D eigenvalue weighted by atomic mass is 35.5. The maximum Gasteiger partial charge on any atom is 0.335 e. The first-order valence-electron chi connectivity index (χ1n) is 11.1. The Morgan fingerprint density at radius 1 is 1.11 bits per heavy atom. The topological polar surface area (TPSA) is 148 Å². The summed E-state index contributed by atoms with van der Waals surface area (Å²) in [6, 6.07) is 15.4. The van der Waals surface area contributed by atoms with Crippen LogP contribution in [0.1, 0.15) is 11.1 Å². The van der Waals surface area contributed by atoms with E-state index in [2.05, 4.69) is 10.6 Å². The van der Waals surface area contributed by atoms with Gasteiger partial charge in [-0.05, 0) is 54.5 Å². The molecule has 5 amide bonds. The number of amides is 5. The first-order chi connectivity index (χ1) is 18.1. The van der Waals surface area contributed by atoms with Gasteiger partial charge in [0.25, 0.3) is 23.4 Å². The number of aryl methyl sites for hydroxylation is 1. The fraction of sp³-hybridized carbons (Fsp3) is 0.0769. The predicted octanol–water partition coefficient (Wildman–Crippen LogP) is 4.24. The lowest BCUT2D eigenvalue weighted by atomic mass is 10.1. The van der Waals surface area contributed by atoms with Crippen LogP contribution in [0.4, 0.5) is 21.9 Å². The number of nitrogens with one attached hydrogen (secondary N) is 2. The summed E-state index contributed by atoms with van der Waals surface area (Å²) in [5, 5.41) is 15.8. The Balaban J connectivity index is 1.48. The number of carbonyl (C=O) groups is 4. The number of non-ortho nitro benzene ring substituents is 1. The molecule has 0 saturated carbocycles. The fourth-order valence-electron chi connectivity index (χ4n) is 3.55. The Labute approximate surface area is 220 Å². The second kappa shape index (κ2) is 10.9. The molecule has 38 heavy (non-hydrogen) atoms. The quantitative estimate of drug-likeness (QED) is 0.199. The Morgan fingerprint density at radius 2 is 1.82 bits per heavy atom. The second-order valence-corrected chi connectivity index (χ2v) is 8.48. The molecule has 0 aromatic heterocycles. The number of carbonyl (C=O) groups excluding carboxylic acids is 4. The molecule has 2 N–H and O–H groups in total. The summed E-state index contributed by atoms with van der Waals surface area (Å²) in [6.07, 6.45) is 1.24. The minimum Gasteiger partial charge on any atom is -0.482 e. The van der Waals surface area contributed by atoms with Gasteiger partial charge in [-0.3, -0.25) is 29.8 Å². The molecular formula is C26H19ClN4O7. The monoisotopic (exact) mass is 534 g/mol. The van der Waals surface area contributed by atoms with Gasteiger partial charge in [-0.25, -0.2) is 9.69 Å². The van der Waals surface area contributed by atoms with Crippen molar-refractivity contribution >= 4 is 58.5 Å². The van der Waals surface area contributed by atoms with Crippen molar-refractivity contribution in [3.05, 3.63) is 98.6 Å². The summed E-state index contributed by atoms with van der Waals surface area (Å²) in [5.41, 5.74) is 1.36. The van der Waals surface area contributed by atoms with Crippen molar-refractivity contribution in [1.82, 2.24) is 5.32 Å². The third-order valence-corrected chi connectivity index (χ3v) is 5.76. The zero-order valence-corrected chi connectivity index (χ0v) is 20.5. The summed E-state index contributed by atoms with van der Waals surface area (Å²) in [4.78, 5) is 60.9. The van der Waals surface area contributed by atoms with E-state index in [0.717, 1.165) is 17.7 Å². The molecule has 4 rings (SSSR count). The molecule has 1 heterocycles. The van der Waals surface area contributed by atoms with Gasteiger partial charge in [0, 0.05) is 17.8 Å². The maximum atomic E-state index is 13.0. The van der Waals surface area contributed by atoms with Gasteiger partial charge >= 0.3 is 6.03 Å². The van der Waals surface area contributed by atoms with Gasteiger partial charge in [0.2, 0.25) is 0 Å². The average molecular weight is 535 g/mol. The van der Waals surface area contributed by atoms with Crippen molar-refractivity contribution in [3.63, 3.8) is 0 Å². The number of ether oxygens (including phenoxy) is 1. The third kappa shape index (κ3) is 5.68. The summed E-state index contributed by atoms with van der Waals surface area (Å²) in [6.45, 7) is 1.56. The van der Waals surface area contributed by atoms with E-state index in [-0.39, 0.29) is 40.2 Å². The molecule has 0 spiro atoms. The Morgan fingerprint density at radius 3 is 2.47 bits per heavy atom. The molecule has 0 aliphatic carbocycles. The van der Waals surface area contributed by atoms with Crippen LogP contribution >= 0.6 is 11.6 Å². The number of para-hydroxylation sites is 1. The van der Waals surface area contributed by atoms with Crippen LogP contribution in [0.3, 0.4) is 0 Å². The summed E-state index contributed by atoms with van der Waals surface area (Å²) in [7, 11) is 0. The zero-order valence-electron chi connectivity index (χ0n) is 19.8. The van der Waals surface area contributed by atoms with Gasteiger partial charge in [-0.1, -0.05) is 35.9 Å². The van der Waals surface area contributed by atoms with E-state index in [1.165, 1.54) is 36.4 Å². The Kier molecular flexibility index (Phi) is 7.49. The van der Waals surface area contributed by atoms with Crippen LogP contribution in [0, 0.1) is 17.0 Å². The number of urea groups is 1. The molecule has 1 aliphatic heterocycles. The molecule has 1 aliphatic rings. The van der Waals surface area contributed by atoms with Crippen molar-refractivity contribution in [2.75, 3.05) is 16.8 Å². The van der Waals surface area contributed by atoms with Crippen LogP contribution in [0.2, 0.25) is 5.02 Å². The van der Waals surface area contributed by atoms with Crippen LogP contribution < -0.4 is 20.3 Å². The van der Waals surface area contributed by atoms with Gasteiger partial charge in [0.1, 0.15) is 11.3 Å². The third-order valence-electron chi connectivity index (χ3n) is 5.47. The van der Waals surface area contributed by atoms with Crippen LogP contribution in [0.15, 0.2) is 72.3 Å². The highest BCUT2D eigenvalue weighted by Crippen LogP contribution is 2.28. The predicted molar refractivity (Wildman–Crippen MR) is 139 cm³/mol. The number of rotatable bonds is 7. The minimum absolute atomic E-state index is 0.0438. The lowest BCUT2D eigenvalue weighted by Crippen LogP contribution is -2.54. The summed E-state index contributed by atoms with van der Waals surface area (Å²) < 4.78 is 5.50. The molecule has 1 fully saturated rings. The molecule has 1 saturated heterocycles. The fourth-order valence-corrected chi connectivity index (χ4v) is 3.79. The van der Waals surface area contributed by atoms with Gasteiger partial charge in [-0.2, -0.15) is 0 Å². The number of hydrogen-bond donors (Lipinski definition) is 2. The van der Waals surface area contributed by atoms with Crippen LogP contribution in [-0.2, 0) is 14.4 Å². The standard InChI is InChI=1S/C26H19ClN4O7/c1-15-4-2-3-5-21(15)28-23(32)14-38-22-11-6-16(13-20(22)27)12-19-24(33)29-26(35)30(25(19)34)17-7-9-18(10-8-17)31(36)37/h2-13H,14H2,1H3,(H,28,32)(H,29,33,35)/b19-12-. The van der Waals surface area contributed by atoms with E-state index < -0.39 is 22.8 Å². The molecule has 0 unspecified atom stereocenters. The lowest BCUT2D eigenvalue weighted by Gasteiger charge is -2.26. The number of hydrogen-bond acceptors (Lipinski definition) is 7. The molecule has 3 aromatic rings. The Bertz CT molecular complexity index is 1500. The van der Waals surface area contributed by atoms with Gasteiger partial charge in [-0.15, -0.1) is 0 Å². The zero-order chi connectivity index (χ0) is 27.4. The maximum absolute atomic E-state index is 13.0. The number of barbiturate groups is 1. The number of nitro benzene ring substituents is 1. The van der Waals surface area contributed by atoms with E-state index in [4.69, 9.17) is 16.3 Å². The van der Waals surface area contributed by atoms with Crippen LogP contribution in [-0.4, -0.2) is 35.3 Å². The van der Waals surface area contributed by atoms with Crippen LogP contribution in [0.25, 0.3) is 6.08 Å². The number of imide groups is 2. The molecule has 0 radical (unpaired) electrons. The van der Waals surface area contributed by atoms with Gasteiger partial charge in [0.15, 0.2) is 6.61 Å². The molecule has 12 heteroatoms. The smallest absolute Gasteiger partial charge is 0.335 e. The highest BCUT2D eigenvalue weighted by Gasteiger charge is 2.37. The Hall–Kier alpha value is -5.03. The van der Waals surface area contributed by atoms with E-state index in [0.29, 0.717) is 16.2 Å². The molecule has 192 valence electrons. The van der Waals surface area contributed by atoms with Crippen LogP contribution in [0.5, 0.6) is 5.75 Å². The second-order valence-electron chi connectivity index (χ2n) is 8.07. The summed E-state index contributed by atoms with van der Waals surface area (Å²) in [5.74, 6) is -2.02. The van der Waals surface area contributed by atoms with Crippen molar-refractivity contribution < 1.29 is 28.8 Å². The first kappa shape index (κ1) is 26.0. The van der Waals surface area contributed by atoms with E-state index in [9.17, 15) is 29.3 Å². The normalized spacial score (nSPS) is 14.3. The van der Waals surface area contributed by atoms with Crippen molar-refractivity contribution in [1.29, 1.82) is 0 Å². The average Bonchev–Trinajstić information content (AvgIpc) is 2.87. The first-order valence-corrected chi connectivity index (χ1v) is 11.5.